The average molecular weight is 202 g/mol. The van der Waals surface area contributed by atoms with Gasteiger partial charge in [0.15, 0.2) is 0 Å². The lowest BCUT2D eigenvalue weighted by atomic mass is 10.1. The first-order valence-corrected chi connectivity index (χ1v) is 4.87. The van der Waals surface area contributed by atoms with Gasteiger partial charge in [0.25, 0.3) is 0 Å². The largest absolute Gasteiger partial charge is 0.340 e. The van der Waals surface area contributed by atoms with Crippen molar-refractivity contribution < 1.29 is 4.79 Å². The molecular weight excluding hydrogens is 188 g/mol. The Labute approximate surface area is 89.7 Å². The fourth-order valence-corrected chi connectivity index (χ4v) is 1.31. The van der Waals surface area contributed by atoms with Crippen LogP contribution in [0.1, 0.15) is 18.1 Å². The predicted octanol–water partition coefficient (Wildman–Crippen LogP) is 1.57. The van der Waals surface area contributed by atoms with Crippen molar-refractivity contribution in [2.24, 2.45) is 0 Å². The number of benzene rings is 1. The van der Waals surface area contributed by atoms with E-state index in [1.807, 2.05) is 37.3 Å². The lowest BCUT2D eigenvalue weighted by Gasteiger charge is -2.07. The Kier molecular flexibility index (Phi) is 3.87. The van der Waals surface area contributed by atoms with Gasteiger partial charge in [0.05, 0.1) is 12.5 Å². The summed E-state index contributed by atoms with van der Waals surface area (Å²) >= 11 is 0. The Morgan fingerprint density at radius 1 is 1.53 bits per heavy atom. The Morgan fingerprint density at radius 2 is 2.20 bits per heavy atom. The van der Waals surface area contributed by atoms with Gasteiger partial charge in [0.1, 0.15) is 6.04 Å². The summed E-state index contributed by atoms with van der Waals surface area (Å²) in [5.41, 5.74) is 2.09. The van der Waals surface area contributed by atoms with Crippen molar-refractivity contribution in [2.75, 3.05) is 0 Å². The minimum absolute atomic E-state index is 0.113. The van der Waals surface area contributed by atoms with Gasteiger partial charge in [-0.15, -0.1) is 0 Å². The van der Waals surface area contributed by atoms with Gasteiger partial charge in [-0.1, -0.05) is 24.3 Å². The molecule has 1 rings (SSSR count). The van der Waals surface area contributed by atoms with Crippen LogP contribution < -0.4 is 5.32 Å². The first kappa shape index (κ1) is 11.3. The van der Waals surface area contributed by atoms with Crippen molar-refractivity contribution in [3.05, 3.63) is 35.4 Å². The summed E-state index contributed by atoms with van der Waals surface area (Å²) < 4.78 is 0. The third kappa shape index (κ3) is 3.43. The fourth-order valence-electron chi connectivity index (χ4n) is 1.31. The quantitative estimate of drug-likeness (QED) is 0.808. The number of aryl methyl sites for hydroxylation is 1. The number of hydrogen-bond acceptors (Lipinski definition) is 2. The number of hydrogen-bond donors (Lipinski definition) is 1. The average Bonchev–Trinajstić information content (AvgIpc) is 2.21. The second-order valence-electron chi connectivity index (χ2n) is 3.52. The van der Waals surface area contributed by atoms with E-state index in [9.17, 15) is 4.79 Å². The van der Waals surface area contributed by atoms with Crippen LogP contribution in [0.25, 0.3) is 0 Å². The van der Waals surface area contributed by atoms with Crippen LogP contribution in [0.15, 0.2) is 24.3 Å². The highest BCUT2D eigenvalue weighted by molar-refractivity contribution is 5.79. The van der Waals surface area contributed by atoms with E-state index in [1.165, 1.54) is 0 Å². The number of nitriles is 1. The van der Waals surface area contributed by atoms with Crippen molar-refractivity contribution >= 4 is 5.91 Å². The summed E-state index contributed by atoms with van der Waals surface area (Å²) in [6.07, 6.45) is 0.332. The summed E-state index contributed by atoms with van der Waals surface area (Å²) in [7, 11) is 0. The van der Waals surface area contributed by atoms with E-state index in [0.717, 1.165) is 11.1 Å². The van der Waals surface area contributed by atoms with Crippen molar-refractivity contribution in [1.82, 2.24) is 5.32 Å². The monoisotopic (exact) mass is 202 g/mol. The van der Waals surface area contributed by atoms with Crippen molar-refractivity contribution in [2.45, 2.75) is 26.3 Å². The molecule has 15 heavy (non-hydrogen) atoms. The van der Waals surface area contributed by atoms with Gasteiger partial charge in [0, 0.05) is 0 Å². The highest BCUT2D eigenvalue weighted by atomic mass is 16.1. The van der Waals surface area contributed by atoms with E-state index in [2.05, 4.69) is 5.32 Å². The van der Waals surface area contributed by atoms with Crippen LogP contribution >= 0.6 is 0 Å². The zero-order chi connectivity index (χ0) is 11.3. The zero-order valence-electron chi connectivity index (χ0n) is 8.95. The number of nitrogens with zero attached hydrogens (tertiary/aromatic N) is 1. The Balaban J connectivity index is 2.60. The zero-order valence-corrected chi connectivity index (χ0v) is 8.95. The second-order valence-corrected chi connectivity index (χ2v) is 3.52. The first-order valence-electron chi connectivity index (χ1n) is 4.87. The number of carbonyl (C=O) groups excluding carboxylic acids is 1. The molecule has 0 fully saturated rings. The molecule has 0 heterocycles. The van der Waals surface area contributed by atoms with Crippen LogP contribution in [0.4, 0.5) is 0 Å². The van der Waals surface area contributed by atoms with Gasteiger partial charge in [-0.3, -0.25) is 4.79 Å². The SMILES string of the molecule is Cc1ccccc1CC(=O)NC(C)C#N. The van der Waals surface area contributed by atoms with Gasteiger partial charge in [0.2, 0.25) is 5.91 Å². The number of nitrogens with one attached hydrogen (secondary N) is 1. The molecule has 0 saturated carbocycles. The van der Waals surface area contributed by atoms with Gasteiger partial charge < -0.3 is 5.32 Å². The molecule has 1 unspecified atom stereocenters. The standard InChI is InChI=1S/C12H14N2O/c1-9-5-3-4-6-11(9)7-12(15)14-10(2)8-13/h3-6,10H,7H2,1-2H3,(H,14,15). The molecule has 3 nitrogen and oxygen atoms in total. The topological polar surface area (TPSA) is 52.9 Å². The van der Waals surface area contributed by atoms with E-state index >= 15 is 0 Å². The van der Waals surface area contributed by atoms with E-state index in [-0.39, 0.29) is 5.91 Å². The summed E-state index contributed by atoms with van der Waals surface area (Å²) in [6, 6.07) is 9.27. The molecule has 0 aliphatic heterocycles. The summed E-state index contributed by atoms with van der Waals surface area (Å²) in [5.74, 6) is -0.113. The minimum atomic E-state index is -0.429. The van der Waals surface area contributed by atoms with Crippen molar-refractivity contribution in [3.63, 3.8) is 0 Å². The van der Waals surface area contributed by atoms with Gasteiger partial charge in [-0.05, 0) is 25.0 Å². The molecule has 1 N–H and O–H groups in total. The molecule has 78 valence electrons. The van der Waals surface area contributed by atoms with Crippen LogP contribution in [0, 0.1) is 18.3 Å². The van der Waals surface area contributed by atoms with Crippen LogP contribution in [-0.2, 0) is 11.2 Å². The maximum atomic E-state index is 11.5. The Morgan fingerprint density at radius 3 is 2.80 bits per heavy atom. The Hall–Kier alpha value is -1.82. The summed E-state index contributed by atoms with van der Waals surface area (Å²) in [5, 5.41) is 11.1. The molecular formula is C12H14N2O. The molecule has 0 radical (unpaired) electrons. The molecule has 0 saturated heterocycles. The smallest absolute Gasteiger partial charge is 0.225 e. The van der Waals surface area contributed by atoms with Crippen molar-refractivity contribution in [3.8, 4) is 6.07 Å². The van der Waals surface area contributed by atoms with E-state index < -0.39 is 6.04 Å². The van der Waals surface area contributed by atoms with Gasteiger partial charge in [-0.2, -0.15) is 5.26 Å². The molecule has 0 spiro atoms. The lowest BCUT2D eigenvalue weighted by Crippen LogP contribution is -2.32. The van der Waals surface area contributed by atoms with Crippen LogP contribution in [0.5, 0.6) is 0 Å². The van der Waals surface area contributed by atoms with E-state index in [1.54, 1.807) is 6.92 Å². The van der Waals surface area contributed by atoms with Gasteiger partial charge in [-0.25, -0.2) is 0 Å². The predicted molar refractivity (Wildman–Crippen MR) is 58.1 cm³/mol. The van der Waals surface area contributed by atoms with Crippen molar-refractivity contribution in [1.29, 1.82) is 5.26 Å². The molecule has 1 atom stereocenters. The highest BCUT2D eigenvalue weighted by Gasteiger charge is 2.07. The Bertz CT molecular complexity index is 393. The molecule has 1 aromatic rings. The fraction of sp³-hybridized carbons (Fsp3) is 0.333. The maximum Gasteiger partial charge on any atom is 0.225 e. The van der Waals surface area contributed by atoms with E-state index in [4.69, 9.17) is 5.26 Å². The lowest BCUT2D eigenvalue weighted by molar-refractivity contribution is -0.120. The third-order valence-corrected chi connectivity index (χ3v) is 2.18. The molecule has 0 bridgehead atoms. The molecule has 0 aliphatic carbocycles. The molecule has 3 heteroatoms. The normalized spacial score (nSPS) is 11.5. The highest BCUT2D eigenvalue weighted by Crippen LogP contribution is 2.07. The molecule has 0 aliphatic rings. The second kappa shape index (κ2) is 5.16. The van der Waals surface area contributed by atoms with E-state index in [0.29, 0.717) is 6.42 Å². The number of rotatable bonds is 3. The third-order valence-electron chi connectivity index (χ3n) is 2.18. The summed E-state index contributed by atoms with van der Waals surface area (Å²) in [4.78, 5) is 11.5. The van der Waals surface area contributed by atoms with Crippen LogP contribution in [0.2, 0.25) is 0 Å². The number of carbonyl (C=O) groups is 1. The molecule has 0 aromatic heterocycles. The minimum Gasteiger partial charge on any atom is -0.340 e. The first-order chi connectivity index (χ1) is 7.13. The number of amides is 1. The van der Waals surface area contributed by atoms with Crippen LogP contribution in [-0.4, -0.2) is 11.9 Å². The maximum absolute atomic E-state index is 11.5. The van der Waals surface area contributed by atoms with Gasteiger partial charge >= 0.3 is 0 Å². The molecule has 1 amide bonds. The van der Waals surface area contributed by atoms with Crippen LogP contribution in [0.3, 0.4) is 0 Å². The summed E-state index contributed by atoms with van der Waals surface area (Å²) in [6.45, 7) is 3.63. The molecule has 1 aromatic carbocycles.